The molecule has 8 nitrogen and oxygen atoms in total. The standard InChI is InChI=1S/C20H22N4O4S/c1-11-19(12(2)28-23-11)13-3-5-17-16(9-13)22-20(15-4-6-18(25)21-15)24(17)14-7-8-29(26,27)10-14/h3,5,9,14-15H,4,6-8,10H2,1-2H3,(H,21,25). The van der Waals surface area contributed by atoms with Gasteiger partial charge in [0.1, 0.15) is 11.6 Å². The SMILES string of the molecule is Cc1noc(C)c1-c1ccc2c(c1)nc(C1CCC(=O)N1)n2C1CCS(=O)(=O)C1. The zero-order valence-corrected chi connectivity index (χ0v) is 17.1. The fourth-order valence-electron chi connectivity index (χ4n) is 4.58. The van der Waals surface area contributed by atoms with Crippen LogP contribution in [0.2, 0.25) is 0 Å². The van der Waals surface area contributed by atoms with E-state index in [0.29, 0.717) is 19.3 Å². The number of rotatable bonds is 3. The van der Waals surface area contributed by atoms with Crippen molar-refractivity contribution in [2.24, 2.45) is 0 Å². The molecule has 0 radical (unpaired) electrons. The third-order valence-electron chi connectivity index (χ3n) is 5.92. The number of amides is 1. The Balaban J connectivity index is 1.67. The number of aromatic nitrogens is 3. The first kappa shape index (κ1) is 18.4. The summed E-state index contributed by atoms with van der Waals surface area (Å²) < 4.78 is 31.6. The molecule has 2 saturated heterocycles. The van der Waals surface area contributed by atoms with Crippen molar-refractivity contribution in [2.45, 2.75) is 45.2 Å². The number of nitrogens with zero attached hydrogens (tertiary/aromatic N) is 3. The maximum Gasteiger partial charge on any atom is 0.220 e. The summed E-state index contributed by atoms with van der Waals surface area (Å²) in [4.78, 5) is 16.7. The molecule has 1 N–H and O–H groups in total. The van der Waals surface area contributed by atoms with Crippen molar-refractivity contribution >= 4 is 26.8 Å². The lowest BCUT2D eigenvalue weighted by molar-refractivity contribution is -0.119. The zero-order chi connectivity index (χ0) is 20.3. The van der Waals surface area contributed by atoms with Crippen molar-refractivity contribution < 1.29 is 17.7 Å². The number of sulfone groups is 1. The van der Waals surface area contributed by atoms with Gasteiger partial charge in [0.25, 0.3) is 0 Å². The molecule has 2 aliphatic rings. The summed E-state index contributed by atoms with van der Waals surface area (Å²) in [6.45, 7) is 3.78. The summed E-state index contributed by atoms with van der Waals surface area (Å²) >= 11 is 0. The second kappa shape index (κ2) is 6.41. The van der Waals surface area contributed by atoms with E-state index < -0.39 is 9.84 Å². The summed E-state index contributed by atoms with van der Waals surface area (Å²) in [7, 11) is -3.05. The van der Waals surface area contributed by atoms with Crippen LogP contribution in [0.3, 0.4) is 0 Å². The second-order valence-corrected chi connectivity index (χ2v) is 10.2. The molecule has 4 heterocycles. The molecule has 1 amide bonds. The number of hydrogen-bond donors (Lipinski definition) is 1. The average molecular weight is 414 g/mol. The summed E-state index contributed by atoms with van der Waals surface area (Å²) in [6.07, 6.45) is 1.69. The van der Waals surface area contributed by atoms with E-state index in [2.05, 4.69) is 10.5 Å². The smallest absolute Gasteiger partial charge is 0.220 e. The van der Waals surface area contributed by atoms with E-state index in [0.717, 1.165) is 39.4 Å². The molecule has 152 valence electrons. The van der Waals surface area contributed by atoms with Gasteiger partial charge in [-0.3, -0.25) is 4.79 Å². The average Bonchev–Trinajstić information content (AvgIpc) is 3.41. The molecule has 9 heteroatoms. The van der Waals surface area contributed by atoms with Crippen LogP contribution < -0.4 is 5.32 Å². The van der Waals surface area contributed by atoms with E-state index in [1.54, 1.807) is 0 Å². The molecule has 2 aliphatic heterocycles. The highest BCUT2D eigenvalue weighted by atomic mass is 32.2. The molecule has 1 aromatic carbocycles. The van der Waals surface area contributed by atoms with Gasteiger partial charge in [0.05, 0.1) is 40.3 Å². The Bertz CT molecular complexity index is 1220. The van der Waals surface area contributed by atoms with Gasteiger partial charge in [-0.1, -0.05) is 11.2 Å². The highest BCUT2D eigenvalue weighted by molar-refractivity contribution is 7.91. The Morgan fingerprint density at radius 2 is 2.07 bits per heavy atom. The molecule has 2 unspecified atom stereocenters. The molecular weight excluding hydrogens is 392 g/mol. The van der Waals surface area contributed by atoms with Gasteiger partial charge in [0, 0.05) is 12.0 Å². The van der Waals surface area contributed by atoms with E-state index in [9.17, 15) is 13.2 Å². The number of benzene rings is 1. The minimum Gasteiger partial charge on any atom is -0.361 e. The van der Waals surface area contributed by atoms with E-state index in [4.69, 9.17) is 9.51 Å². The first-order chi connectivity index (χ1) is 13.8. The molecule has 3 aromatic rings. The summed E-state index contributed by atoms with van der Waals surface area (Å²) in [5, 5.41) is 7.01. The quantitative estimate of drug-likeness (QED) is 0.706. The number of hydrogen-bond acceptors (Lipinski definition) is 6. The third-order valence-corrected chi connectivity index (χ3v) is 7.67. The number of imidazole rings is 1. The fraction of sp³-hybridized carbons (Fsp3) is 0.450. The molecule has 2 fully saturated rings. The predicted octanol–water partition coefficient (Wildman–Crippen LogP) is 2.62. The molecule has 0 saturated carbocycles. The maximum atomic E-state index is 12.1. The molecule has 0 spiro atoms. The second-order valence-electron chi connectivity index (χ2n) is 7.96. The minimum atomic E-state index is -3.05. The van der Waals surface area contributed by atoms with Crippen molar-refractivity contribution in [2.75, 3.05) is 11.5 Å². The number of carbonyl (C=O) groups is 1. The number of fused-ring (bicyclic) bond motifs is 1. The van der Waals surface area contributed by atoms with Gasteiger partial charge < -0.3 is 14.4 Å². The Morgan fingerprint density at radius 3 is 2.69 bits per heavy atom. The van der Waals surface area contributed by atoms with Gasteiger partial charge >= 0.3 is 0 Å². The molecular formula is C20H22N4O4S. The zero-order valence-electron chi connectivity index (χ0n) is 16.3. The van der Waals surface area contributed by atoms with Gasteiger partial charge in [0.15, 0.2) is 9.84 Å². The van der Waals surface area contributed by atoms with Crippen LogP contribution >= 0.6 is 0 Å². The molecule has 2 atom stereocenters. The Labute approximate surface area is 168 Å². The van der Waals surface area contributed by atoms with Crippen molar-refractivity contribution in [1.82, 2.24) is 20.0 Å². The Hall–Kier alpha value is -2.68. The lowest BCUT2D eigenvalue weighted by atomic mass is 10.0. The van der Waals surface area contributed by atoms with Crippen LogP contribution in [-0.2, 0) is 14.6 Å². The molecule has 0 aliphatic carbocycles. The number of carbonyl (C=O) groups excluding carboxylic acids is 1. The molecule has 0 bridgehead atoms. The van der Waals surface area contributed by atoms with Gasteiger partial charge in [0.2, 0.25) is 5.91 Å². The van der Waals surface area contributed by atoms with Gasteiger partial charge in [-0.2, -0.15) is 0 Å². The highest BCUT2D eigenvalue weighted by Crippen LogP contribution is 2.36. The first-order valence-corrected chi connectivity index (χ1v) is 11.6. The van der Waals surface area contributed by atoms with Crippen LogP contribution in [0.4, 0.5) is 0 Å². The van der Waals surface area contributed by atoms with Crippen LogP contribution in [0.15, 0.2) is 22.7 Å². The van der Waals surface area contributed by atoms with Crippen LogP contribution in [-0.4, -0.2) is 40.5 Å². The normalized spacial score (nSPS) is 23.7. The fourth-order valence-corrected chi connectivity index (χ4v) is 6.28. The molecule has 29 heavy (non-hydrogen) atoms. The van der Waals surface area contributed by atoms with Gasteiger partial charge in [-0.25, -0.2) is 13.4 Å². The monoisotopic (exact) mass is 414 g/mol. The van der Waals surface area contributed by atoms with Crippen LogP contribution in [0.5, 0.6) is 0 Å². The number of aryl methyl sites for hydroxylation is 2. The summed E-state index contributed by atoms with van der Waals surface area (Å²) in [5.41, 5.74) is 4.38. The lowest BCUT2D eigenvalue weighted by Gasteiger charge is -2.18. The maximum absolute atomic E-state index is 12.1. The van der Waals surface area contributed by atoms with Crippen molar-refractivity contribution in [3.8, 4) is 11.1 Å². The topological polar surface area (TPSA) is 107 Å². The Kier molecular flexibility index (Phi) is 4.06. The van der Waals surface area contributed by atoms with Crippen LogP contribution in [0.25, 0.3) is 22.2 Å². The predicted molar refractivity (Wildman–Crippen MR) is 107 cm³/mol. The van der Waals surface area contributed by atoms with Crippen molar-refractivity contribution in [3.63, 3.8) is 0 Å². The lowest BCUT2D eigenvalue weighted by Crippen LogP contribution is -2.23. The third kappa shape index (κ3) is 3.04. The van der Waals surface area contributed by atoms with Crippen molar-refractivity contribution in [1.29, 1.82) is 0 Å². The van der Waals surface area contributed by atoms with Gasteiger partial charge in [-0.05, 0) is 44.4 Å². The first-order valence-electron chi connectivity index (χ1n) is 9.77. The van der Waals surface area contributed by atoms with Gasteiger partial charge in [-0.15, -0.1) is 0 Å². The largest absolute Gasteiger partial charge is 0.361 e. The van der Waals surface area contributed by atoms with Crippen LogP contribution in [0.1, 0.15) is 48.6 Å². The van der Waals surface area contributed by atoms with Crippen LogP contribution in [0, 0.1) is 13.8 Å². The molecule has 2 aromatic heterocycles. The van der Waals surface area contributed by atoms with E-state index in [1.165, 1.54) is 0 Å². The molecule has 5 rings (SSSR count). The summed E-state index contributed by atoms with van der Waals surface area (Å²) in [5.74, 6) is 1.78. The van der Waals surface area contributed by atoms with E-state index >= 15 is 0 Å². The Morgan fingerprint density at radius 1 is 1.24 bits per heavy atom. The highest BCUT2D eigenvalue weighted by Gasteiger charge is 2.35. The van der Waals surface area contributed by atoms with E-state index in [-0.39, 0.29) is 29.5 Å². The van der Waals surface area contributed by atoms with E-state index in [1.807, 2.05) is 36.6 Å². The summed E-state index contributed by atoms with van der Waals surface area (Å²) in [6, 6.07) is 5.60. The van der Waals surface area contributed by atoms with Crippen molar-refractivity contribution in [3.05, 3.63) is 35.5 Å². The number of nitrogens with one attached hydrogen (secondary N) is 1. The minimum absolute atomic E-state index is 0.00376.